The molecule has 112 valence electrons. The van der Waals surface area contributed by atoms with Crippen molar-refractivity contribution in [2.45, 2.75) is 70.7 Å². The predicted octanol–water partition coefficient (Wildman–Crippen LogP) is 2.43. The number of aryl methyl sites for hydroxylation is 1. The second kappa shape index (κ2) is 6.22. The molecule has 2 heterocycles. The molecule has 0 aromatic carbocycles. The average molecular weight is 278 g/mol. The quantitative estimate of drug-likeness (QED) is 0.919. The molecule has 2 aliphatic rings. The van der Waals surface area contributed by atoms with Gasteiger partial charge >= 0.3 is 0 Å². The second-order valence-corrected chi connectivity index (χ2v) is 6.27. The summed E-state index contributed by atoms with van der Waals surface area (Å²) in [6, 6.07) is 1.01. The fourth-order valence-electron chi connectivity index (χ4n) is 3.57. The number of hydrogen-bond donors (Lipinski definition) is 1. The van der Waals surface area contributed by atoms with Gasteiger partial charge in [0, 0.05) is 19.7 Å². The van der Waals surface area contributed by atoms with Gasteiger partial charge in [0.05, 0.1) is 6.04 Å². The Kier molecular flexibility index (Phi) is 4.36. The molecule has 1 aliphatic heterocycles. The molecule has 5 heteroatoms. The van der Waals surface area contributed by atoms with Crippen molar-refractivity contribution in [3.05, 3.63) is 11.6 Å². The van der Waals surface area contributed by atoms with Gasteiger partial charge in [-0.3, -0.25) is 0 Å². The number of fused-ring (bicyclic) bond motifs is 1. The van der Waals surface area contributed by atoms with E-state index >= 15 is 0 Å². The van der Waals surface area contributed by atoms with E-state index in [2.05, 4.69) is 27.0 Å². The third-order valence-electron chi connectivity index (χ3n) is 4.72. The molecule has 20 heavy (non-hydrogen) atoms. The van der Waals surface area contributed by atoms with Crippen molar-refractivity contribution < 1.29 is 4.74 Å². The van der Waals surface area contributed by atoms with Crippen LogP contribution in [0.5, 0.6) is 0 Å². The standard InChI is InChI=1S/C15H26N4O/c1-11-6-3-4-7-12(11)16-13-8-5-9-19-15(13)17-14(18-19)10-20-2/h11-13,16H,3-10H2,1-2H3. The number of rotatable bonds is 4. The van der Waals surface area contributed by atoms with Crippen LogP contribution < -0.4 is 5.32 Å². The molecule has 0 bridgehead atoms. The maximum absolute atomic E-state index is 5.15. The van der Waals surface area contributed by atoms with E-state index < -0.39 is 0 Å². The summed E-state index contributed by atoms with van der Waals surface area (Å²) in [4.78, 5) is 4.68. The Labute approximate surface area is 121 Å². The zero-order valence-corrected chi connectivity index (χ0v) is 12.6. The molecule has 3 rings (SSSR count). The van der Waals surface area contributed by atoms with Crippen molar-refractivity contribution in [3.63, 3.8) is 0 Å². The van der Waals surface area contributed by atoms with Crippen LogP contribution in [0.4, 0.5) is 0 Å². The minimum atomic E-state index is 0.368. The molecule has 0 saturated heterocycles. The number of nitrogens with zero attached hydrogens (tertiary/aromatic N) is 3. The van der Waals surface area contributed by atoms with Crippen LogP contribution in [-0.4, -0.2) is 27.9 Å². The molecule has 1 N–H and O–H groups in total. The Morgan fingerprint density at radius 3 is 2.90 bits per heavy atom. The van der Waals surface area contributed by atoms with E-state index in [-0.39, 0.29) is 0 Å². The molecule has 5 nitrogen and oxygen atoms in total. The monoisotopic (exact) mass is 278 g/mol. The van der Waals surface area contributed by atoms with E-state index in [1.165, 1.54) is 38.5 Å². The SMILES string of the molecule is COCc1nc2n(n1)CCCC2NC1CCCCC1C. The second-order valence-electron chi connectivity index (χ2n) is 6.27. The van der Waals surface area contributed by atoms with E-state index in [0.29, 0.717) is 18.7 Å². The van der Waals surface area contributed by atoms with Gasteiger partial charge in [0.1, 0.15) is 12.4 Å². The van der Waals surface area contributed by atoms with Crippen LogP contribution in [0, 0.1) is 5.92 Å². The summed E-state index contributed by atoms with van der Waals surface area (Å²) < 4.78 is 7.22. The zero-order chi connectivity index (χ0) is 13.9. The van der Waals surface area contributed by atoms with Crippen molar-refractivity contribution in [2.24, 2.45) is 5.92 Å². The normalized spacial score (nSPS) is 30.2. The van der Waals surface area contributed by atoms with Crippen molar-refractivity contribution in [1.82, 2.24) is 20.1 Å². The molecule has 1 aliphatic carbocycles. The Bertz CT molecular complexity index is 445. The van der Waals surface area contributed by atoms with Gasteiger partial charge in [-0.15, -0.1) is 0 Å². The largest absolute Gasteiger partial charge is 0.377 e. The first-order chi connectivity index (χ1) is 9.78. The highest BCUT2D eigenvalue weighted by molar-refractivity contribution is 5.03. The third-order valence-corrected chi connectivity index (χ3v) is 4.72. The lowest BCUT2D eigenvalue weighted by molar-refractivity contribution is 0.177. The number of aromatic nitrogens is 3. The maximum Gasteiger partial charge on any atom is 0.176 e. The average Bonchev–Trinajstić information content (AvgIpc) is 2.85. The smallest absolute Gasteiger partial charge is 0.176 e. The first-order valence-corrected chi connectivity index (χ1v) is 7.96. The number of ether oxygens (including phenoxy) is 1. The van der Waals surface area contributed by atoms with Crippen molar-refractivity contribution >= 4 is 0 Å². The molecule has 1 fully saturated rings. The molecule has 3 unspecified atom stereocenters. The molecule has 0 amide bonds. The minimum Gasteiger partial charge on any atom is -0.377 e. The number of hydrogen-bond acceptors (Lipinski definition) is 4. The van der Waals surface area contributed by atoms with Crippen LogP contribution in [0.25, 0.3) is 0 Å². The van der Waals surface area contributed by atoms with Gasteiger partial charge in [-0.1, -0.05) is 19.8 Å². The number of methoxy groups -OCH3 is 1. The van der Waals surface area contributed by atoms with Gasteiger partial charge in [-0.05, 0) is 31.6 Å². The summed E-state index contributed by atoms with van der Waals surface area (Å²) in [5, 5.41) is 8.40. The highest BCUT2D eigenvalue weighted by Crippen LogP contribution is 2.29. The van der Waals surface area contributed by atoms with E-state index in [0.717, 1.165) is 24.1 Å². The van der Waals surface area contributed by atoms with Crippen molar-refractivity contribution in [2.75, 3.05) is 7.11 Å². The molecule has 0 spiro atoms. The van der Waals surface area contributed by atoms with E-state index in [9.17, 15) is 0 Å². The van der Waals surface area contributed by atoms with E-state index in [1.54, 1.807) is 7.11 Å². The molecule has 1 saturated carbocycles. The summed E-state index contributed by atoms with van der Waals surface area (Å²) in [5.74, 6) is 2.70. The van der Waals surface area contributed by atoms with Gasteiger partial charge < -0.3 is 10.1 Å². The van der Waals surface area contributed by atoms with Gasteiger partial charge in [0.2, 0.25) is 0 Å². The molecule has 3 atom stereocenters. The Morgan fingerprint density at radius 1 is 1.25 bits per heavy atom. The first kappa shape index (κ1) is 14.0. The Balaban J connectivity index is 1.72. The van der Waals surface area contributed by atoms with Gasteiger partial charge in [-0.2, -0.15) is 5.10 Å². The molecule has 1 aromatic rings. The lowest BCUT2D eigenvalue weighted by Gasteiger charge is -2.34. The van der Waals surface area contributed by atoms with Gasteiger partial charge in [-0.25, -0.2) is 9.67 Å². The van der Waals surface area contributed by atoms with Crippen LogP contribution in [0.1, 0.15) is 63.1 Å². The minimum absolute atomic E-state index is 0.368. The lowest BCUT2D eigenvalue weighted by Crippen LogP contribution is -2.41. The zero-order valence-electron chi connectivity index (χ0n) is 12.6. The fourth-order valence-corrected chi connectivity index (χ4v) is 3.57. The predicted molar refractivity (Wildman–Crippen MR) is 77.3 cm³/mol. The summed E-state index contributed by atoms with van der Waals surface area (Å²) in [6.45, 7) is 3.87. The summed E-state index contributed by atoms with van der Waals surface area (Å²) in [5.41, 5.74) is 0. The van der Waals surface area contributed by atoms with Crippen molar-refractivity contribution in [1.29, 1.82) is 0 Å². The maximum atomic E-state index is 5.15. The summed E-state index contributed by atoms with van der Waals surface area (Å²) in [7, 11) is 1.69. The molecule has 1 aromatic heterocycles. The molecule has 0 radical (unpaired) electrons. The van der Waals surface area contributed by atoms with E-state index in [4.69, 9.17) is 4.74 Å². The summed E-state index contributed by atoms with van der Waals surface area (Å²) in [6.07, 6.45) is 7.76. The van der Waals surface area contributed by atoms with Gasteiger partial charge in [0.25, 0.3) is 0 Å². The highest BCUT2D eigenvalue weighted by atomic mass is 16.5. The molecular weight excluding hydrogens is 252 g/mol. The first-order valence-electron chi connectivity index (χ1n) is 7.96. The van der Waals surface area contributed by atoms with Crippen LogP contribution in [-0.2, 0) is 17.9 Å². The Hall–Kier alpha value is -0.940. The van der Waals surface area contributed by atoms with Gasteiger partial charge in [0.15, 0.2) is 5.82 Å². The van der Waals surface area contributed by atoms with E-state index in [1.807, 2.05) is 0 Å². The lowest BCUT2D eigenvalue weighted by atomic mass is 9.85. The Morgan fingerprint density at radius 2 is 2.10 bits per heavy atom. The van der Waals surface area contributed by atoms with Crippen LogP contribution in [0.15, 0.2) is 0 Å². The van der Waals surface area contributed by atoms with Crippen LogP contribution in [0.3, 0.4) is 0 Å². The molecular formula is C15H26N4O. The number of nitrogens with one attached hydrogen (secondary N) is 1. The van der Waals surface area contributed by atoms with Crippen LogP contribution in [0.2, 0.25) is 0 Å². The van der Waals surface area contributed by atoms with Crippen molar-refractivity contribution in [3.8, 4) is 0 Å². The summed E-state index contributed by atoms with van der Waals surface area (Å²) >= 11 is 0. The van der Waals surface area contributed by atoms with Crippen LogP contribution >= 0.6 is 0 Å². The fraction of sp³-hybridized carbons (Fsp3) is 0.867. The highest BCUT2D eigenvalue weighted by Gasteiger charge is 2.29. The third kappa shape index (κ3) is 2.88. The topological polar surface area (TPSA) is 52.0 Å².